The monoisotopic (exact) mass is 112 g/mol. The van der Waals surface area contributed by atoms with E-state index in [9.17, 15) is 0 Å². The van der Waals surface area contributed by atoms with Crippen LogP contribution in [0.5, 0.6) is 0 Å². The Morgan fingerprint density at radius 1 is 1.75 bits per heavy atom. The first-order valence-electron chi connectivity index (χ1n) is 2.40. The van der Waals surface area contributed by atoms with Crippen molar-refractivity contribution in [2.45, 2.75) is 6.23 Å². The molecule has 1 atom stereocenters. The molecule has 0 bridgehead atoms. The molecule has 0 spiro atoms. The van der Waals surface area contributed by atoms with Crippen LogP contribution in [0.4, 0.5) is 0 Å². The van der Waals surface area contributed by atoms with E-state index in [1.807, 2.05) is 0 Å². The summed E-state index contributed by atoms with van der Waals surface area (Å²) in [5, 5.41) is 8.90. The Hall–Kier alpha value is -0.830. The number of aliphatic hydroxyl groups is 1. The molecule has 1 unspecified atom stereocenters. The minimum atomic E-state index is -0.542. The quantitative estimate of drug-likeness (QED) is 0.470. The molecular formula is C5H8N2O. The lowest BCUT2D eigenvalue weighted by atomic mass is 10.5. The molecule has 44 valence electrons. The van der Waals surface area contributed by atoms with Crippen LogP contribution in [0.15, 0.2) is 17.4 Å². The van der Waals surface area contributed by atoms with Gasteiger partial charge in [-0.15, -0.1) is 0 Å². The van der Waals surface area contributed by atoms with Gasteiger partial charge in [0.25, 0.3) is 0 Å². The summed E-state index contributed by atoms with van der Waals surface area (Å²) in [5.41, 5.74) is 0. The molecule has 0 saturated heterocycles. The maximum absolute atomic E-state index is 8.90. The molecule has 0 aromatic carbocycles. The summed E-state index contributed by atoms with van der Waals surface area (Å²) in [6, 6.07) is 0. The topological polar surface area (TPSA) is 35.8 Å². The summed E-state index contributed by atoms with van der Waals surface area (Å²) in [4.78, 5) is 5.37. The zero-order valence-electron chi connectivity index (χ0n) is 4.65. The summed E-state index contributed by atoms with van der Waals surface area (Å²) >= 11 is 0. The summed E-state index contributed by atoms with van der Waals surface area (Å²) in [7, 11) is 1.78. The van der Waals surface area contributed by atoms with Crippen LogP contribution in [-0.4, -0.2) is 29.5 Å². The summed E-state index contributed by atoms with van der Waals surface area (Å²) in [6.45, 7) is 0. The van der Waals surface area contributed by atoms with Crippen LogP contribution in [0.3, 0.4) is 0 Å². The molecule has 0 aliphatic carbocycles. The van der Waals surface area contributed by atoms with Gasteiger partial charge < -0.3 is 10.0 Å². The number of hydrogen-bond acceptors (Lipinski definition) is 3. The maximum Gasteiger partial charge on any atom is 0.162 e. The molecule has 1 rings (SSSR count). The van der Waals surface area contributed by atoms with Crippen LogP contribution in [0, 0.1) is 0 Å². The molecule has 0 saturated carbocycles. The SMILES string of the molecule is CN1C=CN=CC1O. The predicted octanol–water partition coefficient (Wildman–Crippen LogP) is -0.208. The molecule has 1 aliphatic heterocycles. The second-order valence-corrected chi connectivity index (χ2v) is 1.68. The van der Waals surface area contributed by atoms with Crippen LogP contribution < -0.4 is 0 Å². The lowest BCUT2D eigenvalue weighted by Gasteiger charge is -2.19. The average Bonchev–Trinajstić information content (AvgIpc) is 1.77. The van der Waals surface area contributed by atoms with Crippen molar-refractivity contribution in [3.05, 3.63) is 12.4 Å². The molecule has 1 heterocycles. The fraction of sp³-hybridized carbons (Fsp3) is 0.400. The van der Waals surface area contributed by atoms with E-state index >= 15 is 0 Å². The van der Waals surface area contributed by atoms with Crippen molar-refractivity contribution in [2.75, 3.05) is 7.05 Å². The van der Waals surface area contributed by atoms with Crippen molar-refractivity contribution < 1.29 is 5.11 Å². The number of rotatable bonds is 0. The van der Waals surface area contributed by atoms with Gasteiger partial charge in [0.2, 0.25) is 0 Å². The van der Waals surface area contributed by atoms with Gasteiger partial charge in [-0.1, -0.05) is 0 Å². The van der Waals surface area contributed by atoms with Gasteiger partial charge in [-0.05, 0) is 0 Å². The highest BCUT2D eigenvalue weighted by Crippen LogP contribution is 1.95. The first-order valence-corrected chi connectivity index (χ1v) is 2.40. The third-order valence-corrected chi connectivity index (χ3v) is 1.02. The molecular weight excluding hydrogens is 104 g/mol. The van der Waals surface area contributed by atoms with Crippen LogP contribution in [0.2, 0.25) is 0 Å². The first kappa shape index (κ1) is 5.31. The van der Waals surface area contributed by atoms with Crippen molar-refractivity contribution in [1.82, 2.24) is 4.90 Å². The van der Waals surface area contributed by atoms with E-state index in [1.165, 1.54) is 6.21 Å². The molecule has 1 N–H and O–H groups in total. The largest absolute Gasteiger partial charge is 0.368 e. The van der Waals surface area contributed by atoms with Crippen molar-refractivity contribution in [3.8, 4) is 0 Å². The highest BCUT2D eigenvalue weighted by Gasteiger charge is 2.03. The van der Waals surface area contributed by atoms with Crippen LogP contribution in [0.25, 0.3) is 0 Å². The molecule has 3 nitrogen and oxygen atoms in total. The van der Waals surface area contributed by atoms with Crippen LogP contribution in [-0.2, 0) is 0 Å². The summed E-state index contributed by atoms with van der Waals surface area (Å²) in [5.74, 6) is 0. The highest BCUT2D eigenvalue weighted by molar-refractivity contribution is 5.64. The zero-order chi connectivity index (χ0) is 5.98. The number of aliphatic imine (C=N–C) groups is 1. The third kappa shape index (κ3) is 0.869. The van der Waals surface area contributed by atoms with Gasteiger partial charge in [-0.25, -0.2) is 0 Å². The second-order valence-electron chi connectivity index (χ2n) is 1.68. The van der Waals surface area contributed by atoms with Gasteiger partial charge in [0.1, 0.15) is 0 Å². The standard InChI is InChI=1S/C5H8N2O/c1-7-3-2-6-4-5(7)8/h2-5,8H,1H3. The predicted molar refractivity (Wildman–Crippen MR) is 31.4 cm³/mol. The molecule has 0 amide bonds. The summed E-state index contributed by atoms with van der Waals surface area (Å²) in [6.07, 6.45) is 4.28. The van der Waals surface area contributed by atoms with Gasteiger partial charge in [0.15, 0.2) is 6.23 Å². The molecule has 0 fully saturated rings. The van der Waals surface area contributed by atoms with E-state index in [4.69, 9.17) is 5.11 Å². The first-order chi connectivity index (χ1) is 3.80. The third-order valence-electron chi connectivity index (χ3n) is 1.02. The van der Waals surface area contributed by atoms with E-state index in [0.717, 1.165) is 0 Å². The van der Waals surface area contributed by atoms with Gasteiger partial charge in [0, 0.05) is 19.4 Å². The Morgan fingerprint density at radius 2 is 2.50 bits per heavy atom. The van der Waals surface area contributed by atoms with E-state index in [1.54, 1.807) is 24.3 Å². The van der Waals surface area contributed by atoms with E-state index in [0.29, 0.717) is 0 Å². The molecule has 3 heteroatoms. The van der Waals surface area contributed by atoms with Gasteiger partial charge in [0.05, 0.1) is 6.21 Å². The molecule has 0 radical (unpaired) electrons. The van der Waals surface area contributed by atoms with Crippen LogP contribution in [0.1, 0.15) is 0 Å². The van der Waals surface area contributed by atoms with Gasteiger partial charge in [-0.3, -0.25) is 4.99 Å². The van der Waals surface area contributed by atoms with E-state index in [2.05, 4.69) is 4.99 Å². The second kappa shape index (κ2) is 1.96. The molecule has 1 aliphatic rings. The number of aliphatic hydroxyl groups excluding tert-OH is 1. The fourth-order valence-electron chi connectivity index (χ4n) is 0.464. The lowest BCUT2D eigenvalue weighted by molar-refractivity contribution is 0.119. The average molecular weight is 112 g/mol. The van der Waals surface area contributed by atoms with Gasteiger partial charge >= 0.3 is 0 Å². The van der Waals surface area contributed by atoms with E-state index < -0.39 is 6.23 Å². The highest BCUT2D eigenvalue weighted by atomic mass is 16.3. The Bertz CT molecular complexity index is 114. The Balaban J connectivity index is 2.59. The maximum atomic E-state index is 8.90. The van der Waals surface area contributed by atoms with E-state index in [-0.39, 0.29) is 0 Å². The minimum Gasteiger partial charge on any atom is -0.368 e. The molecule has 0 aromatic heterocycles. The number of nitrogens with zero attached hydrogens (tertiary/aromatic N) is 2. The van der Waals surface area contributed by atoms with Crippen molar-refractivity contribution in [1.29, 1.82) is 0 Å². The van der Waals surface area contributed by atoms with Crippen LogP contribution >= 0.6 is 0 Å². The summed E-state index contributed by atoms with van der Waals surface area (Å²) < 4.78 is 0. The minimum absolute atomic E-state index is 0.542. The van der Waals surface area contributed by atoms with Crippen molar-refractivity contribution in [2.24, 2.45) is 4.99 Å². The van der Waals surface area contributed by atoms with Gasteiger partial charge in [-0.2, -0.15) is 0 Å². The molecule has 8 heavy (non-hydrogen) atoms. The van der Waals surface area contributed by atoms with Crippen molar-refractivity contribution in [3.63, 3.8) is 0 Å². The number of hydrogen-bond donors (Lipinski definition) is 1. The fourth-order valence-corrected chi connectivity index (χ4v) is 0.464. The zero-order valence-corrected chi connectivity index (χ0v) is 4.65. The Morgan fingerprint density at radius 3 is 2.88 bits per heavy atom. The molecule has 0 aromatic rings. The normalized spacial score (nSPS) is 26.8. The Kier molecular flexibility index (Phi) is 1.30. The van der Waals surface area contributed by atoms with Crippen molar-refractivity contribution >= 4 is 6.21 Å². The lowest BCUT2D eigenvalue weighted by Crippen LogP contribution is -2.29. The Labute approximate surface area is 48.0 Å². The smallest absolute Gasteiger partial charge is 0.162 e.